The third-order valence-electron chi connectivity index (χ3n) is 15.6. The van der Waals surface area contributed by atoms with Crippen LogP contribution in [0, 0.1) is 11.8 Å². The minimum atomic E-state index is -1.90. The first-order valence-electron chi connectivity index (χ1n) is 29.8. The molecule has 2 aliphatic heterocycles. The summed E-state index contributed by atoms with van der Waals surface area (Å²) < 4.78 is 0. The number of aromatic nitrogens is 1. The number of rotatable bonds is 35. The summed E-state index contributed by atoms with van der Waals surface area (Å²) in [4.78, 5) is 160. The number of H-pyrrole nitrogens is 1. The minimum Gasteiger partial charge on any atom is -0.508 e. The fourth-order valence-electron chi connectivity index (χ4n) is 10.4. The Hall–Kier alpha value is -8.51. The molecule has 0 saturated carbocycles. The van der Waals surface area contributed by atoms with Crippen molar-refractivity contribution in [2.45, 2.75) is 165 Å². The van der Waals surface area contributed by atoms with Crippen LogP contribution in [0.4, 0.5) is 0 Å². The topological polar surface area (TPSA) is 460 Å². The van der Waals surface area contributed by atoms with Gasteiger partial charge in [0.15, 0.2) is 5.96 Å². The number of aliphatic hydroxyl groups is 1. The molecule has 0 aliphatic carbocycles. The number of nitrogens with two attached hydrogens (primary N) is 2. The van der Waals surface area contributed by atoms with E-state index in [1.54, 1.807) is 37.4 Å². The molecule has 11 atom stereocenters. The van der Waals surface area contributed by atoms with E-state index in [0.717, 1.165) is 6.42 Å². The van der Waals surface area contributed by atoms with E-state index in [2.05, 4.69) is 70.5 Å². The van der Waals surface area contributed by atoms with Crippen LogP contribution < -0.4 is 59.3 Å². The van der Waals surface area contributed by atoms with Crippen LogP contribution in [-0.2, 0) is 65.6 Å². The lowest BCUT2D eigenvalue weighted by atomic mass is 9.97. The average Bonchev–Trinajstić information content (AvgIpc) is 2.46. The van der Waals surface area contributed by atoms with Crippen LogP contribution in [0.2, 0.25) is 0 Å². The molecule has 30 heteroatoms. The highest BCUT2D eigenvalue weighted by molar-refractivity contribution is 7.80. The van der Waals surface area contributed by atoms with Crippen LogP contribution in [0.3, 0.4) is 0 Å². The van der Waals surface area contributed by atoms with Gasteiger partial charge in [-0.3, -0.25) is 57.7 Å². The molecule has 2 aromatic carbocycles. The van der Waals surface area contributed by atoms with Crippen molar-refractivity contribution >= 4 is 94.6 Å². The predicted octanol–water partition coefficient (Wildman–Crippen LogP) is -1.70. The van der Waals surface area contributed by atoms with E-state index >= 15 is 4.79 Å². The second-order valence-electron chi connectivity index (χ2n) is 22.7. The molecule has 2 saturated heterocycles. The molecule has 0 bridgehead atoms. The Morgan fingerprint density at radius 2 is 1.33 bits per heavy atom. The first kappa shape index (κ1) is 71.2. The number of phenolic OH excluding ortho intramolecular Hbond substituents is 1. The number of carbonyl (C=O) groups is 11. The molecule has 89 heavy (non-hydrogen) atoms. The summed E-state index contributed by atoms with van der Waals surface area (Å²) in [5.41, 5.74) is 12.8. The maximum Gasteiger partial charge on any atom is 0.305 e. The van der Waals surface area contributed by atoms with Gasteiger partial charge in [0.2, 0.25) is 53.2 Å². The summed E-state index contributed by atoms with van der Waals surface area (Å²) >= 11 is 4.08. The van der Waals surface area contributed by atoms with Gasteiger partial charge in [-0.1, -0.05) is 64.4 Å². The van der Waals surface area contributed by atoms with Crippen LogP contribution in [0.5, 0.6) is 5.75 Å². The van der Waals surface area contributed by atoms with Crippen molar-refractivity contribution in [2.24, 2.45) is 28.3 Å². The number of fused-ring (bicyclic) bond motifs is 1. The van der Waals surface area contributed by atoms with Crippen molar-refractivity contribution in [3.8, 4) is 5.75 Å². The lowest BCUT2D eigenvalue weighted by Gasteiger charge is -2.31. The fraction of sp³-hybridized carbons (Fsp3) is 0.559. The van der Waals surface area contributed by atoms with Crippen LogP contribution in [-0.4, -0.2) is 194 Å². The molecule has 488 valence electrons. The van der Waals surface area contributed by atoms with Crippen molar-refractivity contribution in [2.75, 3.05) is 32.0 Å². The van der Waals surface area contributed by atoms with Gasteiger partial charge in [-0.25, -0.2) is 0 Å². The zero-order valence-electron chi connectivity index (χ0n) is 50.4. The van der Waals surface area contributed by atoms with Crippen LogP contribution in [0.15, 0.2) is 59.7 Å². The number of carbonyl (C=O) groups excluding carboxylic acids is 9. The number of amides is 9. The number of aliphatic imine (C=N–C) groups is 1. The van der Waals surface area contributed by atoms with E-state index in [0.29, 0.717) is 41.4 Å². The second kappa shape index (κ2) is 34.9. The van der Waals surface area contributed by atoms with Gasteiger partial charge in [0.05, 0.1) is 25.1 Å². The summed E-state index contributed by atoms with van der Waals surface area (Å²) in [5, 5.41) is 64.0. The molecular formula is C59H86N14O15S. The Bertz CT molecular complexity index is 2990. The van der Waals surface area contributed by atoms with Gasteiger partial charge in [-0.05, 0) is 92.7 Å². The standard InChI is InChI=1S/C59H86N14O15S/c1-5-32(4)49(72-50(80)39-13-8-22-62-39)57(87)66-40(14-9-23-63-59(60)61)52(82)70-44(25-33-16-18-36(75)19-17-33)58(88)73-24-10-15-45(73)55(85)69-42(26-34-28-64-38-12-7-6-11-37(34)38)53(83)68-43(27-47(78)79)54(84)71-48(31(2)3)56(86)67-41(20-21-46(76)77)51(81)65-35(29-74)30-89/h6-7,11-12,16-19,28,31-32,35,39-45,48-49,62,64,74-75,89H,5,8-10,13-15,20-27,29-30H2,1-4H3,(H,65,81)(H,66,87)(H,67,86)(H,68,83)(H,69,85)(H,70,82)(H,71,84)(H,72,80)(H,76,77)(H,78,79)(H4,60,61,63)/t32-,35+,39-,40-,41-,42-,43-,44-,45-,48-,49-/m0/s1. The van der Waals surface area contributed by atoms with Gasteiger partial charge in [0.1, 0.15) is 54.1 Å². The molecule has 2 aliphatic rings. The van der Waals surface area contributed by atoms with E-state index < -0.39 is 151 Å². The van der Waals surface area contributed by atoms with Crippen molar-refractivity contribution in [1.82, 2.24) is 57.7 Å². The normalized spacial score (nSPS) is 17.7. The second-order valence-corrected chi connectivity index (χ2v) is 23.1. The lowest BCUT2D eigenvalue weighted by Crippen LogP contribution is -2.61. The van der Waals surface area contributed by atoms with Gasteiger partial charge in [0, 0.05) is 55.2 Å². The number of nitrogens with zero attached hydrogens (tertiary/aromatic N) is 2. The summed E-state index contributed by atoms with van der Waals surface area (Å²) in [6.45, 7) is 6.86. The fourth-order valence-corrected chi connectivity index (χ4v) is 10.6. The Morgan fingerprint density at radius 1 is 0.697 bits per heavy atom. The number of guanidine groups is 1. The number of likely N-dealkylation sites (tertiary alicyclic amines) is 1. The molecule has 2 fully saturated rings. The zero-order valence-corrected chi connectivity index (χ0v) is 51.3. The molecule has 0 spiro atoms. The number of hydrogen-bond acceptors (Lipinski definition) is 16. The maximum atomic E-state index is 15.1. The number of aromatic amines is 1. The Balaban J connectivity index is 1.43. The summed E-state index contributed by atoms with van der Waals surface area (Å²) in [7, 11) is 0. The maximum absolute atomic E-state index is 15.1. The number of aromatic hydroxyl groups is 1. The lowest BCUT2D eigenvalue weighted by molar-refractivity contribution is -0.143. The minimum absolute atomic E-state index is 0.00150. The summed E-state index contributed by atoms with van der Waals surface area (Å²) in [6, 6.07) is 0.0331. The third-order valence-corrected chi connectivity index (χ3v) is 16.1. The highest BCUT2D eigenvalue weighted by atomic mass is 32.1. The van der Waals surface area contributed by atoms with E-state index in [9.17, 15) is 68.4 Å². The Labute approximate surface area is 520 Å². The van der Waals surface area contributed by atoms with Gasteiger partial charge in [-0.2, -0.15) is 12.6 Å². The molecule has 29 nitrogen and oxygen atoms in total. The van der Waals surface area contributed by atoms with Crippen LogP contribution in [0.25, 0.3) is 10.9 Å². The predicted molar refractivity (Wildman–Crippen MR) is 329 cm³/mol. The molecule has 0 radical (unpaired) electrons. The monoisotopic (exact) mass is 1260 g/mol. The molecular weight excluding hydrogens is 1180 g/mol. The molecule has 5 rings (SSSR count). The molecule has 1 aromatic heterocycles. The van der Waals surface area contributed by atoms with E-state index in [1.165, 1.54) is 43.0 Å². The number of thiol groups is 1. The van der Waals surface area contributed by atoms with Crippen molar-refractivity contribution in [3.63, 3.8) is 0 Å². The quantitative estimate of drug-likeness (QED) is 0.0135. The molecule has 3 aromatic rings. The molecule has 3 heterocycles. The average molecular weight is 1260 g/mol. The van der Waals surface area contributed by atoms with E-state index in [4.69, 9.17) is 11.5 Å². The molecule has 18 N–H and O–H groups in total. The number of aliphatic carboxylic acids is 2. The number of nitrogens with one attached hydrogen (secondary N) is 10. The first-order valence-corrected chi connectivity index (χ1v) is 30.5. The highest BCUT2D eigenvalue weighted by Gasteiger charge is 2.42. The van der Waals surface area contributed by atoms with Crippen molar-refractivity contribution in [3.05, 3.63) is 65.9 Å². The van der Waals surface area contributed by atoms with Gasteiger partial charge in [-0.15, -0.1) is 0 Å². The largest absolute Gasteiger partial charge is 0.508 e. The van der Waals surface area contributed by atoms with E-state index in [-0.39, 0.29) is 80.9 Å². The van der Waals surface area contributed by atoms with Crippen molar-refractivity contribution < 1.29 is 73.2 Å². The summed E-state index contributed by atoms with van der Waals surface area (Å²) in [5.74, 6) is -11.6. The van der Waals surface area contributed by atoms with E-state index in [1.807, 2.05) is 6.92 Å². The number of para-hydroxylation sites is 1. The summed E-state index contributed by atoms with van der Waals surface area (Å²) in [6.07, 6.45) is 1.53. The molecule has 0 unspecified atom stereocenters. The number of benzene rings is 2. The number of hydrogen-bond donors (Lipinski definition) is 17. The van der Waals surface area contributed by atoms with Crippen molar-refractivity contribution in [1.29, 1.82) is 0 Å². The Morgan fingerprint density at radius 3 is 1.94 bits per heavy atom. The van der Waals surface area contributed by atoms with Crippen LogP contribution in [0.1, 0.15) is 103 Å². The number of carboxylic acids is 2. The molecule has 9 amide bonds. The highest BCUT2D eigenvalue weighted by Crippen LogP contribution is 2.24. The number of phenols is 1. The van der Waals surface area contributed by atoms with Gasteiger partial charge >= 0.3 is 11.9 Å². The first-order chi connectivity index (χ1) is 42.3. The van der Waals surface area contributed by atoms with Gasteiger partial charge in [0.25, 0.3) is 0 Å². The number of carboxylic acid groups (broad SMARTS) is 2. The van der Waals surface area contributed by atoms with Crippen LogP contribution >= 0.6 is 12.6 Å². The third kappa shape index (κ3) is 21.6. The Kier molecular flexibility index (Phi) is 27.9. The smallest absolute Gasteiger partial charge is 0.305 e. The number of aliphatic hydroxyl groups excluding tert-OH is 1. The SMILES string of the molecule is CC[C@H](C)[C@H](NC(=O)[C@@H]1CCCN1)C(=O)N[C@@H](CCCN=C(N)N)C(=O)N[C@@H](Cc1ccc(O)cc1)C(=O)N1CCC[C@H]1C(=O)N[C@@H](Cc1c[nH]c2ccccc12)C(=O)N[C@@H](CC(=O)O)C(=O)N[C@H](C(=O)N[C@@H](CCC(=O)O)C(=O)N[C@H](CO)CS)C(C)C. The zero-order chi connectivity index (χ0) is 65.5. The van der Waals surface area contributed by atoms with Gasteiger partial charge < -0.3 is 89.6 Å².